The quantitative estimate of drug-likeness (QED) is 0.916. The molecule has 0 aliphatic heterocycles. The van der Waals surface area contributed by atoms with E-state index in [1.54, 1.807) is 6.07 Å². The van der Waals surface area contributed by atoms with Gasteiger partial charge in [0, 0.05) is 6.04 Å². The van der Waals surface area contributed by atoms with Crippen molar-refractivity contribution in [2.45, 2.75) is 52.2 Å². The summed E-state index contributed by atoms with van der Waals surface area (Å²) < 4.78 is 11.0. The maximum Gasteiger partial charge on any atom is 0.255 e. The second kappa shape index (κ2) is 6.86. The number of ether oxygens (including phenoxy) is 1. The smallest absolute Gasteiger partial charge is 0.255 e. The summed E-state index contributed by atoms with van der Waals surface area (Å²) in [6.07, 6.45) is 4.51. The number of nitrogens with zero attached hydrogens (tertiary/aromatic N) is 1. The minimum absolute atomic E-state index is 0.0636. The number of aromatic nitrogens is 1. The number of amides is 1. The summed E-state index contributed by atoms with van der Waals surface area (Å²) in [5, 5.41) is 7.02. The molecule has 0 spiro atoms. The summed E-state index contributed by atoms with van der Waals surface area (Å²) in [5.74, 6) is 1.27. The van der Waals surface area contributed by atoms with Crippen LogP contribution in [0.25, 0.3) is 0 Å². The van der Waals surface area contributed by atoms with Crippen LogP contribution in [0.4, 0.5) is 0 Å². The molecule has 1 aliphatic carbocycles. The first-order valence-corrected chi connectivity index (χ1v) is 8.09. The lowest BCUT2D eigenvalue weighted by Gasteiger charge is -2.15. The van der Waals surface area contributed by atoms with Crippen molar-refractivity contribution in [2.75, 3.05) is 0 Å². The number of aryl methyl sites for hydroxylation is 2. The number of hydrogen-bond acceptors (Lipinski definition) is 4. The summed E-state index contributed by atoms with van der Waals surface area (Å²) in [7, 11) is 0. The third-order valence-corrected chi connectivity index (χ3v) is 4.38. The lowest BCUT2D eigenvalue weighted by atomic mass is 10.1. The molecular formula is C18H22N2O3. The molecule has 0 unspecified atom stereocenters. The van der Waals surface area contributed by atoms with E-state index in [0.717, 1.165) is 29.9 Å². The molecule has 0 radical (unpaired) electrons. The molecule has 23 heavy (non-hydrogen) atoms. The molecule has 0 atom stereocenters. The lowest BCUT2D eigenvalue weighted by molar-refractivity contribution is 0.0933. The van der Waals surface area contributed by atoms with Gasteiger partial charge >= 0.3 is 0 Å². The molecule has 0 saturated heterocycles. The van der Waals surface area contributed by atoms with Gasteiger partial charge in [0.2, 0.25) is 0 Å². The average molecular weight is 314 g/mol. The molecule has 1 amide bonds. The standard InChI is InChI=1S/C18H22N2O3/c1-12-16(13(2)23-20-12)11-22-17-10-6-5-9-15(17)18(21)19-14-7-3-4-8-14/h5-6,9-10,14H,3-4,7-8,11H2,1-2H3,(H,19,21). The van der Waals surface area contributed by atoms with E-state index in [-0.39, 0.29) is 11.9 Å². The highest BCUT2D eigenvalue weighted by Gasteiger charge is 2.20. The van der Waals surface area contributed by atoms with Crippen LogP contribution in [0, 0.1) is 13.8 Å². The number of carbonyl (C=O) groups is 1. The highest BCUT2D eigenvalue weighted by molar-refractivity contribution is 5.97. The summed E-state index contributed by atoms with van der Waals surface area (Å²) in [6.45, 7) is 4.08. The van der Waals surface area contributed by atoms with Crippen LogP contribution in [-0.2, 0) is 6.61 Å². The zero-order valence-corrected chi connectivity index (χ0v) is 13.6. The second-order valence-corrected chi connectivity index (χ2v) is 6.04. The van der Waals surface area contributed by atoms with Gasteiger partial charge in [-0.2, -0.15) is 0 Å². The Morgan fingerprint density at radius 2 is 2.04 bits per heavy atom. The Balaban J connectivity index is 1.71. The minimum atomic E-state index is -0.0636. The third-order valence-electron chi connectivity index (χ3n) is 4.38. The van der Waals surface area contributed by atoms with E-state index in [0.29, 0.717) is 17.9 Å². The van der Waals surface area contributed by atoms with Gasteiger partial charge in [-0.05, 0) is 38.8 Å². The van der Waals surface area contributed by atoms with Crippen molar-refractivity contribution in [3.8, 4) is 5.75 Å². The van der Waals surface area contributed by atoms with Gasteiger partial charge < -0.3 is 14.6 Å². The first-order valence-electron chi connectivity index (χ1n) is 8.09. The van der Waals surface area contributed by atoms with Gasteiger partial charge in [0.1, 0.15) is 18.1 Å². The number of hydrogen-bond donors (Lipinski definition) is 1. The van der Waals surface area contributed by atoms with Crippen LogP contribution < -0.4 is 10.1 Å². The Hall–Kier alpha value is -2.30. The fourth-order valence-corrected chi connectivity index (χ4v) is 2.97. The largest absolute Gasteiger partial charge is 0.488 e. The van der Waals surface area contributed by atoms with Crippen LogP contribution in [0.5, 0.6) is 5.75 Å². The van der Waals surface area contributed by atoms with E-state index in [1.807, 2.05) is 32.0 Å². The molecule has 5 heteroatoms. The van der Waals surface area contributed by atoms with Gasteiger partial charge in [0.25, 0.3) is 5.91 Å². The van der Waals surface area contributed by atoms with Crippen molar-refractivity contribution in [1.29, 1.82) is 0 Å². The molecule has 0 bridgehead atoms. The van der Waals surface area contributed by atoms with E-state index in [9.17, 15) is 4.79 Å². The SMILES string of the molecule is Cc1noc(C)c1COc1ccccc1C(=O)NC1CCCC1. The number of carbonyl (C=O) groups excluding carboxylic acids is 1. The fraction of sp³-hybridized carbons (Fsp3) is 0.444. The van der Waals surface area contributed by atoms with Gasteiger partial charge in [0.05, 0.1) is 16.8 Å². The molecule has 1 heterocycles. The summed E-state index contributed by atoms with van der Waals surface area (Å²) in [4.78, 5) is 12.5. The molecule has 1 fully saturated rings. The highest BCUT2D eigenvalue weighted by atomic mass is 16.5. The molecule has 122 valence electrons. The summed E-state index contributed by atoms with van der Waals surface area (Å²) >= 11 is 0. The van der Waals surface area contributed by atoms with Gasteiger partial charge in [-0.15, -0.1) is 0 Å². The number of rotatable bonds is 5. The molecule has 1 N–H and O–H groups in total. The molecule has 2 aromatic rings. The predicted molar refractivity (Wildman–Crippen MR) is 86.5 cm³/mol. The van der Waals surface area contributed by atoms with Crippen molar-refractivity contribution in [2.24, 2.45) is 0 Å². The first-order chi connectivity index (χ1) is 11.1. The highest BCUT2D eigenvalue weighted by Crippen LogP contribution is 2.23. The van der Waals surface area contributed by atoms with Crippen LogP contribution in [0.2, 0.25) is 0 Å². The molecule has 1 saturated carbocycles. The van der Waals surface area contributed by atoms with Gasteiger partial charge in [-0.25, -0.2) is 0 Å². The molecule has 1 aromatic carbocycles. The lowest BCUT2D eigenvalue weighted by Crippen LogP contribution is -2.32. The van der Waals surface area contributed by atoms with Crippen LogP contribution in [0.1, 0.15) is 53.1 Å². The minimum Gasteiger partial charge on any atom is -0.488 e. The Morgan fingerprint density at radius 1 is 1.30 bits per heavy atom. The molecule has 3 rings (SSSR count). The summed E-state index contributed by atoms with van der Waals surface area (Å²) in [6, 6.07) is 7.63. The van der Waals surface area contributed by atoms with E-state index in [4.69, 9.17) is 9.26 Å². The molecular weight excluding hydrogens is 292 g/mol. The average Bonchev–Trinajstić information content (AvgIpc) is 3.16. The topological polar surface area (TPSA) is 64.4 Å². The maximum atomic E-state index is 12.5. The third kappa shape index (κ3) is 3.55. The first kappa shape index (κ1) is 15.6. The Bertz CT molecular complexity index is 668. The van der Waals surface area contributed by atoms with Gasteiger partial charge in [-0.1, -0.05) is 30.1 Å². The monoisotopic (exact) mass is 314 g/mol. The molecule has 5 nitrogen and oxygen atoms in total. The van der Waals surface area contributed by atoms with Crippen LogP contribution >= 0.6 is 0 Å². The van der Waals surface area contributed by atoms with Crippen molar-refractivity contribution in [1.82, 2.24) is 10.5 Å². The number of benzene rings is 1. The Labute approximate surface area is 136 Å². The second-order valence-electron chi connectivity index (χ2n) is 6.04. The zero-order chi connectivity index (χ0) is 16.2. The van der Waals surface area contributed by atoms with Crippen molar-refractivity contribution >= 4 is 5.91 Å². The predicted octanol–water partition coefficient (Wildman–Crippen LogP) is 3.54. The van der Waals surface area contributed by atoms with Gasteiger partial charge in [0.15, 0.2) is 0 Å². The van der Waals surface area contributed by atoms with Crippen LogP contribution in [-0.4, -0.2) is 17.1 Å². The van der Waals surface area contributed by atoms with E-state index >= 15 is 0 Å². The van der Waals surface area contributed by atoms with Crippen molar-refractivity contribution < 1.29 is 14.1 Å². The Morgan fingerprint density at radius 3 is 2.74 bits per heavy atom. The van der Waals surface area contributed by atoms with Gasteiger partial charge in [-0.3, -0.25) is 4.79 Å². The van der Waals surface area contributed by atoms with Crippen LogP contribution in [0.3, 0.4) is 0 Å². The zero-order valence-electron chi connectivity index (χ0n) is 13.6. The Kier molecular flexibility index (Phi) is 4.65. The maximum absolute atomic E-state index is 12.5. The van der Waals surface area contributed by atoms with Crippen LogP contribution in [0.15, 0.2) is 28.8 Å². The van der Waals surface area contributed by atoms with Crippen molar-refractivity contribution in [3.63, 3.8) is 0 Å². The molecule has 1 aliphatic rings. The molecule has 1 aromatic heterocycles. The van der Waals surface area contributed by atoms with E-state index in [2.05, 4.69) is 10.5 Å². The normalized spacial score (nSPS) is 14.9. The fourth-order valence-electron chi connectivity index (χ4n) is 2.97. The van der Waals surface area contributed by atoms with E-state index in [1.165, 1.54) is 12.8 Å². The van der Waals surface area contributed by atoms with E-state index < -0.39 is 0 Å². The number of nitrogens with one attached hydrogen (secondary N) is 1. The van der Waals surface area contributed by atoms with Crippen molar-refractivity contribution in [3.05, 3.63) is 46.8 Å². The number of para-hydroxylation sites is 1. The summed E-state index contributed by atoms with van der Waals surface area (Å²) in [5.41, 5.74) is 2.32.